The largest absolute Gasteiger partial charge is 0.390 e. The summed E-state index contributed by atoms with van der Waals surface area (Å²) in [6.45, 7) is 10.00. The highest BCUT2D eigenvalue weighted by atomic mass is 16.3. The normalized spacial score (nSPS) is 25.2. The predicted molar refractivity (Wildman–Crippen MR) is 104 cm³/mol. The summed E-state index contributed by atoms with van der Waals surface area (Å²) in [5.41, 5.74) is 1.39. The fourth-order valence-corrected chi connectivity index (χ4v) is 4.07. The maximum atomic E-state index is 12.0. The molecule has 1 N–H and O–H groups in total. The SMILES string of the molecule is C=CCC(=O)N1CC[C@@H](N2CCN(CCc3ccccc3)CC2)[C@H](O)C1. The zero-order valence-electron chi connectivity index (χ0n) is 15.6. The lowest BCUT2D eigenvalue weighted by Gasteiger charge is -2.45. The molecule has 2 saturated heterocycles. The standard InChI is InChI=1S/C21H31N3O2/c1-2-6-21(26)24-12-10-19(20(25)17-24)23-15-13-22(14-16-23)11-9-18-7-4-3-5-8-18/h2-5,7-8,19-20,25H,1,6,9-17H2/t19-,20-/m1/s1. The Labute approximate surface area is 156 Å². The van der Waals surface area contributed by atoms with E-state index in [1.807, 2.05) is 0 Å². The Kier molecular flexibility index (Phi) is 6.83. The number of hydrogen-bond donors (Lipinski definition) is 1. The van der Waals surface area contributed by atoms with Gasteiger partial charge in [-0.1, -0.05) is 36.4 Å². The van der Waals surface area contributed by atoms with Crippen LogP contribution in [0.5, 0.6) is 0 Å². The van der Waals surface area contributed by atoms with Gasteiger partial charge in [-0.2, -0.15) is 0 Å². The van der Waals surface area contributed by atoms with Gasteiger partial charge in [0.15, 0.2) is 0 Å². The van der Waals surface area contributed by atoms with Crippen molar-refractivity contribution in [3.05, 3.63) is 48.6 Å². The molecule has 0 saturated carbocycles. The predicted octanol–water partition coefficient (Wildman–Crippen LogP) is 1.38. The molecular weight excluding hydrogens is 326 g/mol. The number of nitrogens with zero attached hydrogens (tertiary/aromatic N) is 3. The van der Waals surface area contributed by atoms with Gasteiger partial charge in [0.2, 0.25) is 5.91 Å². The van der Waals surface area contributed by atoms with Crippen LogP contribution in [0.15, 0.2) is 43.0 Å². The summed E-state index contributed by atoms with van der Waals surface area (Å²) in [4.78, 5) is 18.7. The van der Waals surface area contributed by atoms with Crippen molar-refractivity contribution < 1.29 is 9.90 Å². The Morgan fingerprint density at radius 2 is 1.88 bits per heavy atom. The maximum absolute atomic E-state index is 12.0. The molecule has 26 heavy (non-hydrogen) atoms. The van der Waals surface area contributed by atoms with Crippen LogP contribution in [-0.2, 0) is 11.2 Å². The van der Waals surface area contributed by atoms with Gasteiger partial charge < -0.3 is 14.9 Å². The number of carbonyl (C=O) groups excluding carboxylic acids is 1. The quantitative estimate of drug-likeness (QED) is 0.782. The summed E-state index contributed by atoms with van der Waals surface area (Å²) in [5.74, 6) is 0.0724. The van der Waals surface area contributed by atoms with Crippen molar-refractivity contribution in [3.63, 3.8) is 0 Å². The molecule has 3 rings (SSSR count). The molecule has 2 aliphatic rings. The third-order valence-electron chi connectivity index (χ3n) is 5.65. The lowest BCUT2D eigenvalue weighted by Crippen LogP contribution is -2.59. The summed E-state index contributed by atoms with van der Waals surface area (Å²) in [5, 5.41) is 10.6. The van der Waals surface area contributed by atoms with Gasteiger partial charge in [0, 0.05) is 58.3 Å². The number of piperidine rings is 1. The number of piperazine rings is 1. The summed E-state index contributed by atoms with van der Waals surface area (Å²) < 4.78 is 0. The molecule has 5 nitrogen and oxygen atoms in total. The van der Waals surface area contributed by atoms with Crippen molar-refractivity contribution in [2.24, 2.45) is 0 Å². The first kappa shape index (κ1) is 19.1. The number of amides is 1. The Bertz CT molecular complexity index is 584. The minimum atomic E-state index is -0.451. The van der Waals surface area contributed by atoms with Crippen molar-refractivity contribution in [2.75, 3.05) is 45.8 Å². The van der Waals surface area contributed by atoms with E-state index in [2.05, 4.69) is 46.7 Å². The Hall–Kier alpha value is -1.69. The molecule has 1 amide bonds. The first-order chi connectivity index (χ1) is 12.7. The fourth-order valence-electron chi connectivity index (χ4n) is 4.07. The molecule has 2 fully saturated rings. The van der Waals surface area contributed by atoms with Crippen molar-refractivity contribution in [3.8, 4) is 0 Å². The molecule has 2 heterocycles. The summed E-state index contributed by atoms with van der Waals surface area (Å²) in [6.07, 6.45) is 3.49. The van der Waals surface area contributed by atoms with E-state index in [0.29, 0.717) is 13.0 Å². The van der Waals surface area contributed by atoms with Gasteiger partial charge in [0.1, 0.15) is 0 Å². The van der Waals surface area contributed by atoms with Crippen LogP contribution in [0, 0.1) is 0 Å². The first-order valence-corrected chi connectivity index (χ1v) is 9.74. The van der Waals surface area contributed by atoms with Gasteiger partial charge in [-0.15, -0.1) is 6.58 Å². The molecule has 2 aliphatic heterocycles. The van der Waals surface area contributed by atoms with Gasteiger partial charge in [-0.25, -0.2) is 0 Å². The average molecular weight is 357 g/mol. The van der Waals surface area contributed by atoms with Crippen LogP contribution >= 0.6 is 0 Å². The maximum Gasteiger partial charge on any atom is 0.226 e. The second-order valence-electron chi connectivity index (χ2n) is 7.37. The van der Waals surface area contributed by atoms with E-state index < -0.39 is 6.10 Å². The molecular formula is C21H31N3O2. The van der Waals surface area contributed by atoms with Crippen LogP contribution in [0.25, 0.3) is 0 Å². The summed E-state index contributed by atoms with van der Waals surface area (Å²) in [6, 6.07) is 10.8. The monoisotopic (exact) mass is 357 g/mol. The van der Waals surface area contributed by atoms with Crippen LogP contribution in [0.2, 0.25) is 0 Å². The smallest absolute Gasteiger partial charge is 0.226 e. The zero-order valence-corrected chi connectivity index (χ0v) is 15.6. The van der Waals surface area contributed by atoms with Gasteiger partial charge in [0.25, 0.3) is 0 Å². The van der Waals surface area contributed by atoms with Gasteiger partial charge in [-0.3, -0.25) is 9.69 Å². The van der Waals surface area contributed by atoms with Crippen LogP contribution in [0.1, 0.15) is 18.4 Å². The number of likely N-dealkylation sites (tertiary alicyclic amines) is 1. The Morgan fingerprint density at radius 3 is 2.54 bits per heavy atom. The van der Waals surface area contributed by atoms with E-state index >= 15 is 0 Å². The van der Waals surface area contributed by atoms with Crippen LogP contribution < -0.4 is 0 Å². The molecule has 0 unspecified atom stereocenters. The molecule has 0 radical (unpaired) electrons. The third kappa shape index (κ3) is 4.93. The van der Waals surface area contributed by atoms with E-state index in [1.165, 1.54) is 5.56 Å². The van der Waals surface area contributed by atoms with Gasteiger partial charge in [-0.05, 0) is 18.4 Å². The van der Waals surface area contributed by atoms with Gasteiger partial charge in [0.05, 0.1) is 6.10 Å². The number of benzene rings is 1. The highest BCUT2D eigenvalue weighted by Crippen LogP contribution is 2.20. The minimum Gasteiger partial charge on any atom is -0.390 e. The molecule has 0 bridgehead atoms. The van der Waals surface area contributed by atoms with E-state index in [9.17, 15) is 9.90 Å². The lowest BCUT2D eigenvalue weighted by molar-refractivity contribution is -0.135. The molecule has 2 atom stereocenters. The molecule has 142 valence electrons. The van der Waals surface area contributed by atoms with Crippen molar-refractivity contribution in [1.29, 1.82) is 0 Å². The molecule has 1 aromatic carbocycles. The van der Waals surface area contributed by atoms with E-state index in [-0.39, 0.29) is 11.9 Å². The summed E-state index contributed by atoms with van der Waals surface area (Å²) in [7, 11) is 0. The number of β-amino-alcohol motifs (C(OH)–C–C–N with tert-alkyl or cyclic N) is 1. The lowest BCUT2D eigenvalue weighted by atomic mass is 9.98. The summed E-state index contributed by atoms with van der Waals surface area (Å²) >= 11 is 0. The van der Waals surface area contributed by atoms with Crippen molar-refractivity contribution in [1.82, 2.24) is 14.7 Å². The molecule has 0 aliphatic carbocycles. The third-order valence-corrected chi connectivity index (χ3v) is 5.65. The second-order valence-corrected chi connectivity index (χ2v) is 7.37. The van der Waals surface area contributed by atoms with Crippen LogP contribution in [0.3, 0.4) is 0 Å². The average Bonchev–Trinajstić information content (AvgIpc) is 2.68. The number of aliphatic hydroxyl groups is 1. The minimum absolute atomic E-state index is 0.0724. The van der Waals surface area contributed by atoms with Crippen molar-refractivity contribution in [2.45, 2.75) is 31.4 Å². The zero-order chi connectivity index (χ0) is 18.4. The number of rotatable bonds is 6. The number of carbonyl (C=O) groups is 1. The topological polar surface area (TPSA) is 47.0 Å². The van der Waals surface area contributed by atoms with E-state index in [4.69, 9.17) is 0 Å². The van der Waals surface area contributed by atoms with Gasteiger partial charge >= 0.3 is 0 Å². The number of hydrogen-bond acceptors (Lipinski definition) is 4. The van der Waals surface area contributed by atoms with Crippen LogP contribution in [0.4, 0.5) is 0 Å². The van der Waals surface area contributed by atoms with Crippen molar-refractivity contribution >= 4 is 5.91 Å². The second kappa shape index (κ2) is 9.31. The van der Waals surface area contributed by atoms with E-state index in [0.717, 1.165) is 52.1 Å². The first-order valence-electron chi connectivity index (χ1n) is 9.74. The Morgan fingerprint density at radius 1 is 1.15 bits per heavy atom. The van der Waals surface area contributed by atoms with Crippen LogP contribution in [-0.4, -0.2) is 83.7 Å². The highest BCUT2D eigenvalue weighted by molar-refractivity contribution is 5.77. The highest BCUT2D eigenvalue weighted by Gasteiger charge is 2.34. The van der Waals surface area contributed by atoms with E-state index in [1.54, 1.807) is 11.0 Å². The fraction of sp³-hybridized carbons (Fsp3) is 0.571. The number of aliphatic hydroxyl groups excluding tert-OH is 1. The molecule has 0 aromatic heterocycles. The Balaban J connectivity index is 1.42. The molecule has 1 aromatic rings. The molecule has 5 heteroatoms. The molecule has 0 spiro atoms.